The van der Waals surface area contributed by atoms with Crippen molar-refractivity contribution in [2.45, 2.75) is 19.6 Å². The van der Waals surface area contributed by atoms with Crippen LogP contribution in [0, 0.1) is 18.7 Å². The summed E-state index contributed by atoms with van der Waals surface area (Å²) in [4.78, 5) is 22.4. The molecule has 3 N–H and O–H groups in total. The van der Waals surface area contributed by atoms with Gasteiger partial charge in [-0.25, -0.2) is 14.4 Å². The van der Waals surface area contributed by atoms with Gasteiger partial charge in [-0.2, -0.15) is 5.10 Å². The molecule has 1 aromatic heterocycles. The Hall–Kier alpha value is -4.79. The van der Waals surface area contributed by atoms with Crippen LogP contribution in [0.3, 0.4) is 0 Å². The van der Waals surface area contributed by atoms with Crippen LogP contribution in [0.2, 0.25) is 0 Å². The van der Waals surface area contributed by atoms with Crippen molar-refractivity contribution < 1.29 is 9.50 Å². The van der Waals surface area contributed by atoms with E-state index < -0.39 is 23.7 Å². The largest absolute Gasteiger partial charge is 0.505 e. The van der Waals surface area contributed by atoms with Gasteiger partial charge in [-0.3, -0.25) is 14.4 Å². The summed E-state index contributed by atoms with van der Waals surface area (Å²) in [5, 5.41) is 18.0. The van der Waals surface area contributed by atoms with Gasteiger partial charge in [0.1, 0.15) is 18.1 Å². The maximum absolute atomic E-state index is 13.8. The van der Waals surface area contributed by atoms with Gasteiger partial charge in [0.05, 0.1) is 17.9 Å². The standard InChI is InChI=1S/C28H23FN6O2/c1-16-6-2-5-9-22(16)35-19(12-17-7-3-4-8-20(17)28(35)37)14-34-27-24(26(30)31-15-32-27)25(33-34)18-10-11-21(29)23(36)13-18/h2-13,15,24,27,36H,14H2,1H3,(H2,30,31,32). The molecule has 2 atom stereocenters. The van der Waals surface area contributed by atoms with Gasteiger partial charge in [-0.05, 0) is 54.3 Å². The molecular weight excluding hydrogens is 471 g/mol. The number of fused-ring (bicyclic) bond motifs is 2. The Bertz CT molecular complexity index is 1710. The lowest BCUT2D eigenvalue weighted by Gasteiger charge is -2.27. The van der Waals surface area contributed by atoms with Crippen LogP contribution in [0.25, 0.3) is 16.5 Å². The second-order valence-corrected chi connectivity index (χ2v) is 9.11. The molecule has 2 aliphatic heterocycles. The fourth-order valence-corrected chi connectivity index (χ4v) is 4.99. The van der Waals surface area contributed by atoms with Crippen LogP contribution in [0.5, 0.6) is 5.75 Å². The fourth-order valence-electron chi connectivity index (χ4n) is 4.99. The molecule has 0 fully saturated rings. The van der Waals surface area contributed by atoms with Gasteiger partial charge in [0, 0.05) is 16.6 Å². The second kappa shape index (κ2) is 8.70. The number of aryl methyl sites for hydroxylation is 1. The van der Waals surface area contributed by atoms with E-state index in [1.54, 1.807) is 15.6 Å². The number of aliphatic imine (C=N–C) groups is 2. The summed E-state index contributed by atoms with van der Waals surface area (Å²) >= 11 is 0. The number of hydrazone groups is 1. The maximum Gasteiger partial charge on any atom is 0.263 e. The third-order valence-electron chi connectivity index (χ3n) is 6.80. The molecular formula is C28H23FN6O2. The minimum absolute atomic E-state index is 0.126. The third kappa shape index (κ3) is 3.76. The molecule has 0 aliphatic carbocycles. The van der Waals surface area contributed by atoms with E-state index in [0.717, 1.165) is 22.3 Å². The number of nitrogens with two attached hydrogens (primary N) is 1. The number of phenols is 1. The van der Waals surface area contributed by atoms with Crippen LogP contribution in [0.1, 0.15) is 16.8 Å². The summed E-state index contributed by atoms with van der Waals surface area (Å²) in [7, 11) is 0. The van der Waals surface area contributed by atoms with E-state index in [0.29, 0.717) is 22.5 Å². The molecule has 2 aliphatic rings. The number of pyridine rings is 1. The molecule has 0 saturated carbocycles. The SMILES string of the molecule is Cc1ccccc1-n1c(CN2N=C(c3ccc(F)c(O)c3)C3C(N)=NC=NC32)cc2ccccc2c1=O. The molecule has 6 rings (SSSR count). The van der Waals surface area contributed by atoms with Gasteiger partial charge in [-0.15, -0.1) is 0 Å². The Morgan fingerprint density at radius 3 is 2.65 bits per heavy atom. The quantitative estimate of drug-likeness (QED) is 0.451. The predicted molar refractivity (Wildman–Crippen MR) is 142 cm³/mol. The van der Waals surface area contributed by atoms with E-state index in [9.17, 15) is 14.3 Å². The summed E-state index contributed by atoms with van der Waals surface area (Å²) < 4.78 is 15.5. The Balaban J connectivity index is 1.51. The number of phenolic OH excluding ortho intramolecular Hbond substituents is 1. The Morgan fingerprint density at radius 2 is 1.84 bits per heavy atom. The zero-order valence-electron chi connectivity index (χ0n) is 19.9. The van der Waals surface area contributed by atoms with E-state index in [2.05, 4.69) is 9.98 Å². The summed E-state index contributed by atoms with van der Waals surface area (Å²) in [5.41, 5.74) is 9.64. The molecule has 184 valence electrons. The number of rotatable bonds is 4. The first-order chi connectivity index (χ1) is 17.9. The molecule has 9 heteroatoms. The average molecular weight is 495 g/mol. The lowest BCUT2D eigenvalue weighted by molar-refractivity contribution is 0.210. The van der Waals surface area contributed by atoms with E-state index in [1.807, 2.05) is 61.5 Å². The lowest BCUT2D eigenvalue weighted by Crippen LogP contribution is -2.42. The first-order valence-corrected chi connectivity index (χ1v) is 11.8. The predicted octanol–water partition coefficient (Wildman–Crippen LogP) is 3.71. The van der Waals surface area contributed by atoms with Crippen molar-refractivity contribution in [3.05, 3.63) is 106 Å². The zero-order valence-corrected chi connectivity index (χ0v) is 19.9. The fraction of sp³-hybridized carbons (Fsp3) is 0.143. The number of halogens is 1. The van der Waals surface area contributed by atoms with Crippen molar-refractivity contribution in [3.63, 3.8) is 0 Å². The molecule has 37 heavy (non-hydrogen) atoms. The zero-order chi connectivity index (χ0) is 25.7. The van der Waals surface area contributed by atoms with Crippen LogP contribution in [-0.2, 0) is 6.54 Å². The first-order valence-electron chi connectivity index (χ1n) is 11.8. The molecule has 0 saturated heterocycles. The Morgan fingerprint density at radius 1 is 1.05 bits per heavy atom. The molecule has 3 heterocycles. The van der Waals surface area contributed by atoms with Crippen molar-refractivity contribution >= 4 is 28.7 Å². The van der Waals surface area contributed by atoms with Crippen LogP contribution in [0.15, 0.2) is 92.7 Å². The molecule has 2 unspecified atom stereocenters. The summed E-state index contributed by atoms with van der Waals surface area (Å²) in [6, 6.07) is 21.2. The van der Waals surface area contributed by atoms with Crippen molar-refractivity contribution in [1.82, 2.24) is 9.58 Å². The monoisotopic (exact) mass is 494 g/mol. The smallest absolute Gasteiger partial charge is 0.263 e. The lowest BCUT2D eigenvalue weighted by atomic mass is 9.93. The molecule has 0 amide bonds. The summed E-state index contributed by atoms with van der Waals surface area (Å²) in [5.74, 6) is -1.38. The van der Waals surface area contributed by atoms with Crippen LogP contribution < -0.4 is 11.3 Å². The molecule has 0 bridgehead atoms. The van der Waals surface area contributed by atoms with Crippen molar-refractivity contribution in [2.75, 3.05) is 0 Å². The van der Waals surface area contributed by atoms with Crippen LogP contribution in [0.4, 0.5) is 4.39 Å². The van der Waals surface area contributed by atoms with Crippen molar-refractivity contribution in [1.29, 1.82) is 0 Å². The number of para-hydroxylation sites is 1. The van der Waals surface area contributed by atoms with E-state index in [1.165, 1.54) is 18.5 Å². The Kier molecular flexibility index (Phi) is 5.33. The van der Waals surface area contributed by atoms with Gasteiger partial charge in [-0.1, -0.05) is 36.4 Å². The van der Waals surface area contributed by atoms with Gasteiger partial charge < -0.3 is 10.8 Å². The molecule has 0 radical (unpaired) electrons. The number of amidine groups is 1. The van der Waals surface area contributed by atoms with Crippen LogP contribution in [-0.4, -0.2) is 38.7 Å². The Labute approximate surface area is 211 Å². The molecule has 0 spiro atoms. The number of aromatic nitrogens is 1. The van der Waals surface area contributed by atoms with Gasteiger partial charge >= 0.3 is 0 Å². The number of hydrogen-bond acceptors (Lipinski definition) is 7. The van der Waals surface area contributed by atoms with Crippen molar-refractivity contribution in [3.8, 4) is 11.4 Å². The van der Waals surface area contributed by atoms with E-state index in [4.69, 9.17) is 10.8 Å². The molecule has 4 aromatic rings. The highest BCUT2D eigenvalue weighted by atomic mass is 19.1. The van der Waals surface area contributed by atoms with E-state index >= 15 is 0 Å². The topological polar surface area (TPSA) is 109 Å². The maximum atomic E-state index is 13.8. The summed E-state index contributed by atoms with van der Waals surface area (Å²) in [6.07, 6.45) is 0.894. The highest BCUT2D eigenvalue weighted by Gasteiger charge is 2.42. The normalized spacial score (nSPS) is 18.6. The van der Waals surface area contributed by atoms with Gasteiger partial charge in [0.2, 0.25) is 0 Å². The van der Waals surface area contributed by atoms with Gasteiger partial charge in [0.15, 0.2) is 17.7 Å². The summed E-state index contributed by atoms with van der Waals surface area (Å²) in [6.45, 7) is 2.21. The van der Waals surface area contributed by atoms with Crippen LogP contribution >= 0.6 is 0 Å². The van der Waals surface area contributed by atoms with Crippen molar-refractivity contribution in [2.24, 2.45) is 26.7 Å². The highest BCUT2D eigenvalue weighted by molar-refractivity contribution is 6.17. The third-order valence-corrected chi connectivity index (χ3v) is 6.80. The number of aromatic hydroxyl groups is 1. The second-order valence-electron chi connectivity index (χ2n) is 9.11. The minimum Gasteiger partial charge on any atom is -0.505 e. The minimum atomic E-state index is -0.725. The number of hydrogen-bond donors (Lipinski definition) is 2. The number of nitrogens with zero attached hydrogens (tertiary/aromatic N) is 5. The average Bonchev–Trinajstić information content (AvgIpc) is 3.26. The molecule has 3 aromatic carbocycles. The first kappa shape index (κ1) is 22.7. The number of benzene rings is 3. The van der Waals surface area contributed by atoms with E-state index in [-0.39, 0.29) is 12.1 Å². The van der Waals surface area contributed by atoms with Gasteiger partial charge in [0.25, 0.3) is 5.56 Å². The molecule has 8 nitrogen and oxygen atoms in total. The highest BCUT2D eigenvalue weighted by Crippen LogP contribution is 2.32.